The molecule has 0 aromatic carbocycles. The van der Waals surface area contributed by atoms with E-state index in [1.807, 2.05) is 0 Å². The minimum Gasteiger partial charge on any atom is -1.00 e. The van der Waals surface area contributed by atoms with Crippen LogP contribution in [-0.2, 0) is 4.57 Å². The molecule has 3 N–H and O–H groups in total. The van der Waals surface area contributed by atoms with Gasteiger partial charge in [-0.25, -0.2) is 0 Å². The third-order valence-electron chi connectivity index (χ3n) is 0. The molecule has 0 aliphatic carbocycles. The Morgan fingerprint density at radius 3 is 1.07 bits per heavy atom. The molecule has 0 rings (SSSR count). The molecular weight excluding hydrogens is 431 g/mol. The van der Waals surface area contributed by atoms with E-state index in [1.165, 1.54) is 0 Å². The van der Waals surface area contributed by atoms with E-state index in [2.05, 4.69) is 0 Å². The second kappa shape index (κ2) is 7.59. The largest absolute Gasteiger partial charge is 2.00 e. The second-order valence-corrected chi connectivity index (χ2v) is 4.28. The van der Waals surface area contributed by atoms with E-state index in [0.717, 1.165) is 0 Å². The van der Waals surface area contributed by atoms with Gasteiger partial charge in [-0.05, 0) is 0 Å². The summed E-state index contributed by atoms with van der Waals surface area (Å²) in [7, 11) is -15.8. The Balaban J connectivity index is -0.0000000142. The fourth-order valence-corrected chi connectivity index (χ4v) is 0. The van der Waals surface area contributed by atoms with Crippen molar-refractivity contribution in [2.75, 3.05) is 0 Å². The first-order valence-electron chi connectivity index (χ1n) is 1.76. The van der Waals surface area contributed by atoms with E-state index >= 15 is 0 Å². The van der Waals surface area contributed by atoms with Crippen LogP contribution in [-0.4, -0.2) is 101 Å². The van der Waals surface area contributed by atoms with Gasteiger partial charge >= 0.3 is 125 Å². The van der Waals surface area contributed by atoms with Gasteiger partial charge in [-0.15, -0.1) is 0 Å². The van der Waals surface area contributed by atoms with Crippen LogP contribution < -0.4 is 9.79 Å². The fourth-order valence-electron chi connectivity index (χ4n) is 0. The molecule has 0 atom stereocenters. The third kappa shape index (κ3) is 417. The molecule has 0 aliphatic heterocycles. The summed E-state index contributed by atoms with van der Waals surface area (Å²) in [5.41, 5.74) is 0. The van der Waals surface area contributed by atoms with Crippen LogP contribution in [0.15, 0.2) is 0 Å². The summed E-state index contributed by atoms with van der Waals surface area (Å²) in [4.78, 5) is 24.3. The maximum atomic E-state index is 9.87. The van der Waals surface area contributed by atoms with Crippen molar-refractivity contribution in [1.82, 2.24) is 0 Å². The molecule has 0 amide bonds. The number of halogens is 6. The maximum absolute atomic E-state index is 10.7. The van der Waals surface area contributed by atoms with Gasteiger partial charge in [-0.2, -0.15) is 0 Å². The van der Waals surface area contributed by atoms with Crippen molar-refractivity contribution in [3.8, 4) is 0 Å². The molecule has 0 spiro atoms. The van der Waals surface area contributed by atoms with Crippen LogP contribution in [0.25, 0.3) is 0 Å². The van der Waals surface area contributed by atoms with E-state index in [-0.39, 0.29) is 101 Å². The molecule has 0 saturated carbocycles. The summed E-state index contributed by atoms with van der Waals surface area (Å²) >= 11 is 0. The Morgan fingerprint density at radius 2 is 1.07 bits per heavy atom. The van der Waals surface area contributed by atoms with Gasteiger partial charge in [-0.3, -0.25) is 0 Å². The van der Waals surface area contributed by atoms with Crippen LogP contribution in [0.2, 0.25) is 0 Å². The SMILES string of the molecule is F[P-](F)(F)(F)(F)F.O.O=P([O-])([O-])O.[H+].[H-].[H-].[Sr+2].[Sr+2]. The summed E-state index contributed by atoms with van der Waals surface area (Å²) in [5.74, 6) is 0. The molecule has 92 valence electrons. The summed E-state index contributed by atoms with van der Waals surface area (Å²) in [5, 5.41) is 0. The molecule has 0 aromatic rings. The van der Waals surface area contributed by atoms with Crippen molar-refractivity contribution < 1.29 is 54.2 Å². The first kappa shape index (κ1) is 30.8. The van der Waals surface area contributed by atoms with Gasteiger partial charge in [0.25, 0.3) is 0 Å². The first-order chi connectivity index (χ1) is 4.45. The summed E-state index contributed by atoms with van der Waals surface area (Å²) in [6.07, 6.45) is 0. The fraction of sp³-hybridized carbons (Fsp3) is 0. The third-order valence-corrected chi connectivity index (χ3v) is 0. The molecule has 0 fully saturated rings. The van der Waals surface area contributed by atoms with E-state index in [4.69, 9.17) is 19.2 Å². The van der Waals surface area contributed by atoms with Gasteiger partial charge in [-0.1, -0.05) is 0 Å². The Bertz CT molecular complexity index is 193. The van der Waals surface area contributed by atoms with Gasteiger partial charge in [0.15, 0.2) is 0 Å². The second-order valence-electron chi connectivity index (χ2n) is 1.43. The van der Waals surface area contributed by atoms with Gasteiger partial charge < -0.3 is 27.6 Å². The van der Waals surface area contributed by atoms with E-state index < -0.39 is 15.6 Å². The molecule has 5 nitrogen and oxygen atoms in total. The summed E-state index contributed by atoms with van der Waals surface area (Å²) in [6, 6.07) is 0. The minimum atomic E-state index is -10.7. The molecule has 0 aromatic heterocycles. The topological polar surface area (TPSA) is 115 Å². The van der Waals surface area contributed by atoms with Crippen molar-refractivity contribution >= 4 is 107 Å². The molecule has 15 heteroatoms. The zero-order valence-electron chi connectivity index (χ0n) is 9.75. The Labute approximate surface area is 158 Å². The molecule has 15 heavy (non-hydrogen) atoms. The van der Waals surface area contributed by atoms with Crippen LogP contribution in [0.3, 0.4) is 0 Å². The smallest absolute Gasteiger partial charge is 1.00 e. The van der Waals surface area contributed by atoms with Crippen molar-refractivity contribution in [2.24, 2.45) is 0 Å². The number of rotatable bonds is 0. The van der Waals surface area contributed by atoms with E-state index in [0.29, 0.717) is 0 Å². The van der Waals surface area contributed by atoms with Crippen LogP contribution in [0.4, 0.5) is 25.2 Å². The standard InChI is InChI=1S/F6P.H3O4P.H2O.2Sr.2H/c1-7(2,3,4,5)6;1-5(2,3)4;;;;;/h;(H3,1,2,3,4);1H2;;;;/q-1;;;2*+2;2*-1/p-1. The predicted molar refractivity (Wildman–Crippen MR) is 41.9 cm³/mol. The molecule has 0 heterocycles. The van der Waals surface area contributed by atoms with Crippen molar-refractivity contribution in [1.29, 1.82) is 0 Å². The molecule has 0 unspecified atom stereocenters. The van der Waals surface area contributed by atoms with Crippen LogP contribution in [0, 0.1) is 0 Å². The average Bonchev–Trinajstić information content (AvgIpc) is 1.04. The first-order valence-corrected chi connectivity index (χ1v) is 5.29. The van der Waals surface area contributed by atoms with Crippen molar-refractivity contribution in [3.63, 3.8) is 0 Å². The maximum Gasteiger partial charge on any atom is 2.00 e. The molecule has 0 radical (unpaired) electrons. The number of hydrogen-bond donors (Lipinski definition) is 1. The number of phosphoric acid groups is 1. The predicted octanol–water partition coefficient (Wildman–Crippen LogP) is -0.0590. The molecular formula is H6F6O5P2Sr2. The normalized spacial score (nSPS) is 14.7. The summed E-state index contributed by atoms with van der Waals surface area (Å²) in [6.45, 7) is 0. The molecule has 0 bridgehead atoms. The zero-order chi connectivity index (χ0) is 10.9. The summed E-state index contributed by atoms with van der Waals surface area (Å²) < 4.78 is 67.9. The van der Waals surface area contributed by atoms with Crippen LogP contribution in [0.5, 0.6) is 0 Å². The van der Waals surface area contributed by atoms with Crippen LogP contribution >= 0.6 is 15.6 Å². The zero-order valence-corrected chi connectivity index (χ0v) is 15.5. The quantitative estimate of drug-likeness (QED) is 0.325. The average molecular weight is 437 g/mol. The molecule has 0 saturated heterocycles. The van der Waals surface area contributed by atoms with Crippen molar-refractivity contribution in [3.05, 3.63) is 0 Å². The van der Waals surface area contributed by atoms with Crippen molar-refractivity contribution in [2.45, 2.75) is 0 Å². The Kier molecular flexibility index (Phi) is 15.6. The van der Waals surface area contributed by atoms with E-state index in [9.17, 15) is 25.2 Å². The Morgan fingerprint density at radius 1 is 1.07 bits per heavy atom. The van der Waals surface area contributed by atoms with Gasteiger partial charge in [0, 0.05) is 0 Å². The number of hydrogen-bond acceptors (Lipinski definition) is 3. The van der Waals surface area contributed by atoms with Gasteiger partial charge in [0.05, 0.1) is 7.82 Å². The van der Waals surface area contributed by atoms with Gasteiger partial charge in [0.1, 0.15) is 0 Å². The minimum absolute atomic E-state index is 0. The van der Waals surface area contributed by atoms with E-state index in [1.54, 1.807) is 0 Å². The van der Waals surface area contributed by atoms with Crippen LogP contribution in [0.1, 0.15) is 4.28 Å². The molecule has 0 aliphatic rings. The Hall–Kier alpha value is 3.04. The van der Waals surface area contributed by atoms with Gasteiger partial charge in [0.2, 0.25) is 0 Å². The monoisotopic (exact) mass is 438 g/mol.